The molecule has 0 aliphatic heterocycles. The van der Waals surface area contributed by atoms with Crippen LogP contribution in [0.25, 0.3) is 0 Å². The van der Waals surface area contributed by atoms with E-state index in [-0.39, 0.29) is 4.90 Å². The van der Waals surface area contributed by atoms with E-state index >= 15 is 0 Å². The molecule has 1 rings (SSSR count). The molecule has 0 saturated carbocycles. The lowest BCUT2D eigenvalue weighted by atomic mass is 10.4. The fraction of sp³-hybridized carbons (Fsp3) is 0. The normalized spacial score (nSPS) is 11.7. The van der Waals surface area contributed by atoms with E-state index in [0.29, 0.717) is 6.29 Å². The fourth-order valence-electron chi connectivity index (χ4n) is 0.824. The first-order valence-corrected chi connectivity index (χ1v) is 5.13. The van der Waals surface area contributed by atoms with Crippen LogP contribution in [-0.4, -0.2) is 14.7 Å². The molecule has 3 nitrogen and oxygen atoms in total. The summed E-state index contributed by atoms with van der Waals surface area (Å²) in [6.07, 6.45) is 1.39. The lowest BCUT2D eigenvalue weighted by molar-refractivity contribution is -0.104. The standard InChI is InChI=1S/C9H8O3S/c10-7-4-8-13(11,12)9-5-2-1-3-6-9/h1-8H. The summed E-state index contributed by atoms with van der Waals surface area (Å²) in [5.41, 5.74) is 0. The zero-order chi connectivity index (χ0) is 9.73. The van der Waals surface area contributed by atoms with Crippen LogP contribution in [0.5, 0.6) is 0 Å². The molecule has 0 fully saturated rings. The molecule has 0 bridgehead atoms. The molecule has 0 N–H and O–H groups in total. The number of hydrogen-bond acceptors (Lipinski definition) is 3. The minimum absolute atomic E-state index is 0.188. The Labute approximate surface area is 76.6 Å². The van der Waals surface area contributed by atoms with Gasteiger partial charge in [-0.1, -0.05) is 18.2 Å². The van der Waals surface area contributed by atoms with Gasteiger partial charge in [-0.3, -0.25) is 4.79 Å². The zero-order valence-corrected chi connectivity index (χ0v) is 7.57. The van der Waals surface area contributed by atoms with Crippen molar-refractivity contribution in [3.63, 3.8) is 0 Å². The predicted molar refractivity (Wildman–Crippen MR) is 48.8 cm³/mol. The summed E-state index contributed by atoms with van der Waals surface area (Å²) in [5.74, 6) is 0. The van der Waals surface area contributed by atoms with Gasteiger partial charge in [0.25, 0.3) is 0 Å². The summed E-state index contributed by atoms with van der Waals surface area (Å²) >= 11 is 0. The molecule has 0 radical (unpaired) electrons. The minimum Gasteiger partial charge on any atom is -0.299 e. The van der Waals surface area contributed by atoms with Crippen LogP contribution in [0.1, 0.15) is 0 Å². The molecule has 0 unspecified atom stereocenters. The Morgan fingerprint density at radius 3 is 2.23 bits per heavy atom. The van der Waals surface area contributed by atoms with Crippen molar-refractivity contribution < 1.29 is 13.2 Å². The number of carbonyl (C=O) groups is 1. The van der Waals surface area contributed by atoms with Crippen molar-refractivity contribution in [1.29, 1.82) is 0 Å². The first-order valence-electron chi connectivity index (χ1n) is 3.59. The molecule has 0 atom stereocenters. The molecule has 1 aromatic rings. The topological polar surface area (TPSA) is 51.2 Å². The molecule has 0 spiro atoms. The second-order valence-electron chi connectivity index (χ2n) is 2.32. The highest BCUT2D eigenvalue weighted by Crippen LogP contribution is 2.10. The van der Waals surface area contributed by atoms with Crippen molar-refractivity contribution in [3.8, 4) is 0 Å². The molecular formula is C9H8O3S. The van der Waals surface area contributed by atoms with Crippen molar-refractivity contribution in [2.24, 2.45) is 0 Å². The van der Waals surface area contributed by atoms with Crippen LogP contribution >= 0.6 is 0 Å². The molecule has 0 aliphatic carbocycles. The van der Waals surface area contributed by atoms with Crippen molar-refractivity contribution >= 4 is 16.1 Å². The van der Waals surface area contributed by atoms with E-state index in [9.17, 15) is 13.2 Å². The van der Waals surface area contributed by atoms with E-state index in [2.05, 4.69) is 0 Å². The minimum atomic E-state index is -3.43. The van der Waals surface area contributed by atoms with E-state index in [1.165, 1.54) is 12.1 Å². The number of sulfone groups is 1. The van der Waals surface area contributed by atoms with Crippen molar-refractivity contribution in [1.82, 2.24) is 0 Å². The van der Waals surface area contributed by atoms with Gasteiger partial charge in [0.05, 0.1) is 4.90 Å². The Morgan fingerprint density at radius 2 is 1.69 bits per heavy atom. The van der Waals surface area contributed by atoms with Crippen LogP contribution < -0.4 is 0 Å². The van der Waals surface area contributed by atoms with E-state index in [4.69, 9.17) is 0 Å². The van der Waals surface area contributed by atoms with Crippen LogP contribution in [0, 0.1) is 0 Å². The van der Waals surface area contributed by atoms with Gasteiger partial charge in [-0.25, -0.2) is 8.42 Å². The molecule has 0 aromatic heterocycles. The Bertz CT molecular complexity index is 404. The quantitative estimate of drug-likeness (QED) is 0.538. The predicted octanol–water partition coefficient (Wildman–Crippen LogP) is 1.17. The van der Waals surface area contributed by atoms with Crippen LogP contribution in [0.2, 0.25) is 0 Å². The molecule has 13 heavy (non-hydrogen) atoms. The largest absolute Gasteiger partial charge is 0.299 e. The third-order valence-corrected chi connectivity index (χ3v) is 2.85. The summed E-state index contributed by atoms with van der Waals surface area (Å²) in [5, 5.41) is 0.884. The Morgan fingerprint density at radius 1 is 1.08 bits per heavy atom. The highest BCUT2D eigenvalue weighted by Gasteiger charge is 2.07. The summed E-state index contributed by atoms with van der Waals surface area (Å²) in [6, 6.07) is 7.93. The van der Waals surface area contributed by atoms with Gasteiger partial charge < -0.3 is 0 Å². The number of carbonyl (C=O) groups excluding carboxylic acids is 1. The van der Waals surface area contributed by atoms with Gasteiger partial charge in [-0.2, -0.15) is 0 Å². The van der Waals surface area contributed by atoms with Gasteiger partial charge in [0.15, 0.2) is 9.84 Å². The Kier molecular flexibility index (Phi) is 2.97. The third kappa shape index (κ3) is 2.52. The number of aldehydes is 1. The first kappa shape index (κ1) is 9.67. The average molecular weight is 196 g/mol. The Balaban J connectivity index is 3.09. The van der Waals surface area contributed by atoms with Crippen LogP contribution in [0.4, 0.5) is 0 Å². The number of allylic oxidation sites excluding steroid dienone is 1. The number of rotatable bonds is 3. The van der Waals surface area contributed by atoms with E-state index in [1.807, 2.05) is 0 Å². The number of benzene rings is 1. The van der Waals surface area contributed by atoms with Crippen LogP contribution in [-0.2, 0) is 14.6 Å². The molecule has 0 heterocycles. The maximum absolute atomic E-state index is 11.3. The van der Waals surface area contributed by atoms with Crippen molar-refractivity contribution in [2.45, 2.75) is 4.90 Å². The maximum atomic E-state index is 11.3. The average Bonchev–Trinajstić information content (AvgIpc) is 2.16. The monoisotopic (exact) mass is 196 g/mol. The smallest absolute Gasteiger partial charge is 0.199 e. The lowest BCUT2D eigenvalue weighted by Crippen LogP contribution is -1.95. The highest BCUT2D eigenvalue weighted by atomic mass is 32.2. The summed E-state index contributed by atoms with van der Waals surface area (Å²) < 4.78 is 22.7. The summed E-state index contributed by atoms with van der Waals surface area (Å²) in [4.78, 5) is 10.1. The lowest BCUT2D eigenvalue weighted by Gasteiger charge is -1.95. The second kappa shape index (κ2) is 4.00. The highest BCUT2D eigenvalue weighted by molar-refractivity contribution is 7.94. The number of hydrogen-bond donors (Lipinski definition) is 0. The van der Waals surface area contributed by atoms with Gasteiger partial charge in [0.1, 0.15) is 6.29 Å². The molecule has 1 aromatic carbocycles. The summed E-state index contributed by atoms with van der Waals surface area (Å²) in [7, 11) is -3.43. The van der Waals surface area contributed by atoms with Crippen molar-refractivity contribution in [2.75, 3.05) is 0 Å². The molecular weight excluding hydrogens is 188 g/mol. The molecule has 4 heteroatoms. The second-order valence-corrected chi connectivity index (χ2v) is 4.16. The third-order valence-electron chi connectivity index (χ3n) is 1.41. The van der Waals surface area contributed by atoms with E-state index in [1.54, 1.807) is 18.2 Å². The van der Waals surface area contributed by atoms with Gasteiger partial charge in [-0.05, 0) is 18.2 Å². The summed E-state index contributed by atoms with van der Waals surface area (Å²) in [6.45, 7) is 0. The Hall–Kier alpha value is -1.42. The molecule has 0 aliphatic rings. The molecule has 0 amide bonds. The SMILES string of the molecule is O=CC=CS(=O)(=O)c1ccccc1. The van der Waals surface area contributed by atoms with Gasteiger partial charge in [-0.15, -0.1) is 0 Å². The molecule has 0 saturated heterocycles. The van der Waals surface area contributed by atoms with Gasteiger partial charge >= 0.3 is 0 Å². The fourth-order valence-corrected chi connectivity index (χ4v) is 1.79. The van der Waals surface area contributed by atoms with Gasteiger partial charge in [0.2, 0.25) is 0 Å². The first-order chi connectivity index (χ1) is 6.17. The zero-order valence-electron chi connectivity index (χ0n) is 6.75. The molecule has 68 valence electrons. The van der Waals surface area contributed by atoms with E-state index < -0.39 is 9.84 Å². The van der Waals surface area contributed by atoms with Crippen molar-refractivity contribution in [3.05, 3.63) is 41.8 Å². The van der Waals surface area contributed by atoms with Crippen LogP contribution in [0.3, 0.4) is 0 Å². The van der Waals surface area contributed by atoms with Gasteiger partial charge in [0, 0.05) is 5.41 Å². The maximum Gasteiger partial charge on any atom is 0.199 e. The van der Waals surface area contributed by atoms with E-state index in [0.717, 1.165) is 11.5 Å². The van der Waals surface area contributed by atoms with Crippen LogP contribution in [0.15, 0.2) is 46.7 Å².